The number of alkyl halides is 2. The molecule has 1 saturated heterocycles. The van der Waals surface area contributed by atoms with E-state index in [0.717, 1.165) is 25.3 Å². The number of nitrogen functional groups attached to an aromatic ring is 1. The van der Waals surface area contributed by atoms with Gasteiger partial charge in [0.25, 0.3) is 0 Å². The molecule has 2 aromatic rings. The van der Waals surface area contributed by atoms with Gasteiger partial charge in [0.15, 0.2) is 11.6 Å². The topological polar surface area (TPSA) is 81.2 Å². The summed E-state index contributed by atoms with van der Waals surface area (Å²) >= 11 is 0. The Balaban J connectivity index is 1.35. The van der Waals surface area contributed by atoms with Gasteiger partial charge in [-0.1, -0.05) is 0 Å². The Kier molecular flexibility index (Phi) is 5.79. The third-order valence-electron chi connectivity index (χ3n) is 7.30. The van der Waals surface area contributed by atoms with Gasteiger partial charge in [0, 0.05) is 48.5 Å². The zero-order valence-corrected chi connectivity index (χ0v) is 18.7. The van der Waals surface area contributed by atoms with Crippen molar-refractivity contribution in [1.29, 1.82) is 0 Å². The van der Waals surface area contributed by atoms with Gasteiger partial charge < -0.3 is 15.8 Å². The van der Waals surface area contributed by atoms with Crippen LogP contribution < -0.4 is 15.8 Å². The van der Waals surface area contributed by atoms with Crippen LogP contribution >= 0.6 is 0 Å². The van der Waals surface area contributed by atoms with Gasteiger partial charge in [0.05, 0.1) is 5.69 Å². The van der Waals surface area contributed by atoms with Gasteiger partial charge in [-0.25, -0.2) is 4.98 Å². The van der Waals surface area contributed by atoms with Crippen LogP contribution in [-0.2, 0) is 0 Å². The monoisotopic (exact) mass is 446 g/mol. The number of nitrogens with one attached hydrogen (secondary N) is 1. The summed E-state index contributed by atoms with van der Waals surface area (Å²) in [5, 5.41) is 8.31. The van der Waals surface area contributed by atoms with Crippen LogP contribution in [0.2, 0.25) is 0 Å². The lowest BCUT2D eigenvalue weighted by Crippen LogP contribution is -2.37. The lowest BCUT2D eigenvalue weighted by molar-refractivity contribution is -0.0494. The molecule has 32 heavy (non-hydrogen) atoms. The summed E-state index contributed by atoms with van der Waals surface area (Å²) in [5.74, 6) is 1.78. The second-order valence-corrected chi connectivity index (χ2v) is 9.60. The highest BCUT2D eigenvalue weighted by Gasteiger charge is 2.58. The molecule has 3 aliphatic rings. The van der Waals surface area contributed by atoms with Crippen LogP contribution in [0, 0.1) is 11.8 Å². The number of ether oxygens (including phenoxy) is 1. The zero-order chi connectivity index (χ0) is 22.4. The third kappa shape index (κ3) is 4.08. The van der Waals surface area contributed by atoms with E-state index < -0.39 is 6.61 Å². The molecule has 3 N–H and O–H groups in total. The van der Waals surface area contributed by atoms with Gasteiger partial charge in [-0.3, -0.25) is 9.58 Å². The maximum absolute atomic E-state index is 12.7. The predicted octanol–water partition coefficient (Wildman–Crippen LogP) is 3.50. The number of aromatic nitrogens is 3. The highest BCUT2D eigenvalue weighted by atomic mass is 19.3. The Hall–Kier alpha value is -2.26. The molecule has 3 heterocycles. The van der Waals surface area contributed by atoms with Crippen LogP contribution in [0.4, 0.5) is 14.6 Å². The smallest absolute Gasteiger partial charge is 0.387 e. The van der Waals surface area contributed by atoms with Crippen LogP contribution in [0.25, 0.3) is 11.3 Å². The fraction of sp³-hybridized carbons (Fsp3) is 0.652. The highest BCUT2D eigenvalue weighted by molar-refractivity contribution is 5.64. The number of nitrogens with two attached hydrogens (primary N) is 1. The molecule has 0 aromatic carbocycles. The summed E-state index contributed by atoms with van der Waals surface area (Å²) in [7, 11) is 0. The first-order chi connectivity index (χ1) is 15.4. The molecule has 9 heteroatoms. The molecule has 174 valence electrons. The van der Waals surface area contributed by atoms with E-state index in [9.17, 15) is 8.78 Å². The molecule has 5 rings (SSSR count). The number of hydrogen-bond acceptors (Lipinski definition) is 6. The van der Waals surface area contributed by atoms with Crippen molar-refractivity contribution < 1.29 is 13.5 Å². The Labute approximate surface area is 187 Å². The average molecular weight is 447 g/mol. The predicted molar refractivity (Wildman–Crippen MR) is 119 cm³/mol. The molecule has 2 saturated carbocycles. The minimum absolute atomic E-state index is 0.0518. The van der Waals surface area contributed by atoms with Crippen molar-refractivity contribution in [3.63, 3.8) is 0 Å². The van der Waals surface area contributed by atoms with Gasteiger partial charge in [-0.2, -0.15) is 13.9 Å². The van der Waals surface area contributed by atoms with E-state index in [2.05, 4.69) is 44.5 Å². The third-order valence-corrected chi connectivity index (χ3v) is 7.30. The second kappa shape index (κ2) is 8.59. The molecule has 1 aliphatic heterocycles. The lowest BCUT2D eigenvalue weighted by Gasteiger charge is -2.29. The first-order valence-electron chi connectivity index (χ1n) is 11.7. The standard InChI is InChI=1S/C23H32F2N6O/c1-13(2)31-19(11-18(29-31)14-8-20(32-23(24)25)22(26)28-12-14)21-16-9-15(10-17(16)21)30-6-3-4-27-5-7-30/h8,11-13,15-17,21,23,27H,3-7,9-10H2,1-2H3,(H2,26,28)/t15-,16+,17-,21-. The van der Waals surface area contributed by atoms with Crippen molar-refractivity contribution in [2.75, 3.05) is 31.9 Å². The molecule has 0 spiro atoms. The van der Waals surface area contributed by atoms with Crippen molar-refractivity contribution in [3.05, 3.63) is 24.0 Å². The molecule has 2 aliphatic carbocycles. The Bertz CT molecular complexity index is 944. The van der Waals surface area contributed by atoms with E-state index in [1.165, 1.54) is 37.6 Å². The molecular weight excluding hydrogens is 414 g/mol. The Morgan fingerprint density at radius 2 is 1.94 bits per heavy atom. The van der Waals surface area contributed by atoms with Gasteiger partial charge in [-0.05, 0) is 70.2 Å². The molecule has 7 nitrogen and oxygen atoms in total. The number of anilines is 1. The minimum atomic E-state index is -2.95. The summed E-state index contributed by atoms with van der Waals surface area (Å²) in [4.78, 5) is 6.72. The number of pyridine rings is 1. The van der Waals surface area contributed by atoms with Gasteiger partial charge in [0.2, 0.25) is 0 Å². The fourth-order valence-corrected chi connectivity index (χ4v) is 5.78. The van der Waals surface area contributed by atoms with Crippen molar-refractivity contribution >= 4 is 5.82 Å². The highest BCUT2D eigenvalue weighted by Crippen LogP contribution is 2.64. The van der Waals surface area contributed by atoms with E-state index in [1.807, 2.05) is 0 Å². The lowest BCUT2D eigenvalue weighted by atomic mass is 10.0. The fourth-order valence-electron chi connectivity index (χ4n) is 5.78. The van der Waals surface area contributed by atoms with Crippen molar-refractivity contribution in [2.45, 2.75) is 57.7 Å². The van der Waals surface area contributed by atoms with Crippen LogP contribution in [0.15, 0.2) is 18.3 Å². The van der Waals surface area contributed by atoms with Gasteiger partial charge in [-0.15, -0.1) is 0 Å². The normalized spacial score (nSPS) is 28.2. The summed E-state index contributed by atoms with van der Waals surface area (Å²) in [5.41, 5.74) is 8.30. The van der Waals surface area contributed by atoms with Crippen molar-refractivity contribution in [3.8, 4) is 17.0 Å². The average Bonchev–Trinajstić information content (AvgIpc) is 3.08. The number of rotatable bonds is 6. The van der Waals surface area contributed by atoms with Crippen molar-refractivity contribution in [2.24, 2.45) is 11.8 Å². The summed E-state index contributed by atoms with van der Waals surface area (Å²) < 4.78 is 32.0. The zero-order valence-electron chi connectivity index (χ0n) is 18.7. The summed E-state index contributed by atoms with van der Waals surface area (Å²) in [6.07, 6.45) is 5.31. The molecule has 0 radical (unpaired) electrons. The number of halogens is 2. The Morgan fingerprint density at radius 3 is 2.66 bits per heavy atom. The molecule has 4 atom stereocenters. The van der Waals surface area contributed by atoms with Crippen LogP contribution in [0.5, 0.6) is 5.75 Å². The molecule has 0 unspecified atom stereocenters. The number of nitrogens with zero attached hydrogens (tertiary/aromatic N) is 4. The van der Waals surface area contributed by atoms with E-state index >= 15 is 0 Å². The van der Waals surface area contributed by atoms with E-state index in [0.29, 0.717) is 29.4 Å². The first-order valence-corrected chi connectivity index (χ1v) is 11.7. The second-order valence-electron chi connectivity index (χ2n) is 9.60. The largest absolute Gasteiger partial charge is 0.431 e. The first kappa shape index (κ1) is 21.6. The minimum Gasteiger partial charge on any atom is -0.431 e. The van der Waals surface area contributed by atoms with Crippen molar-refractivity contribution in [1.82, 2.24) is 25.0 Å². The quantitative estimate of drug-likeness (QED) is 0.707. The molecule has 2 aromatic heterocycles. The summed E-state index contributed by atoms with van der Waals surface area (Å²) in [6, 6.07) is 4.52. The Morgan fingerprint density at radius 1 is 1.16 bits per heavy atom. The molecule has 0 amide bonds. The van der Waals surface area contributed by atoms with Gasteiger partial charge >= 0.3 is 6.61 Å². The number of hydrogen-bond donors (Lipinski definition) is 2. The molecular formula is C23H32F2N6O. The van der Waals surface area contributed by atoms with Crippen LogP contribution in [-0.4, -0.2) is 58.5 Å². The molecule has 3 fully saturated rings. The summed E-state index contributed by atoms with van der Waals surface area (Å²) in [6.45, 7) is 5.86. The van der Waals surface area contributed by atoms with E-state index in [-0.39, 0.29) is 17.6 Å². The maximum Gasteiger partial charge on any atom is 0.387 e. The van der Waals surface area contributed by atoms with Gasteiger partial charge in [0.1, 0.15) is 0 Å². The van der Waals surface area contributed by atoms with Crippen LogP contribution in [0.1, 0.15) is 50.8 Å². The van der Waals surface area contributed by atoms with E-state index in [4.69, 9.17) is 10.8 Å². The molecule has 0 bridgehead atoms. The maximum atomic E-state index is 12.7. The van der Waals surface area contributed by atoms with Crippen LogP contribution in [0.3, 0.4) is 0 Å². The SMILES string of the molecule is CC(C)n1nc(-c2cnc(N)c(OC(F)F)c2)cc1[C@H]1[C@@H]2C[C@H](N3CCCNCC3)C[C@@H]21. The van der Waals surface area contributed by atoms with E-state index in [1.54, 1.807) is 6.20 Å². The number of fused-ring (bicyclic) bond motifs is 1.